The highest BCUT2D eigenvalue weighted by molar-refractivity contribution is 5.79. The maximum atomic E-state index is 12.2. The molecule has 0 aliphatic rings. The van der Waals surface area contributed by atoms with Gasteiger partial charge in [0, 0.05) is 17.8 Å². The molecule has 0 radical (unpaired) electrons. The number of rotatable bonds is 7. The number of ether oxygens (including phenoxy) is 1. The standard InChI is InChI=1S/C19H17N5O5/c1-2-27-16-8-7-12(9-21-16)18-22-17(29-23-18)10-20-15(25)11-24-13-5-3-4-6-14(13)28-19(24)26/h3-9H,2,10-11H2,1H3,(H,20,25). The second-order valence-corrected chi connectivity index (χ2v) is 6.03. The number of amides is 1. The van der Waals surface area contributed by atoms with E-state index in [9.17, 15) is 9.59 Å². The number of oxazole rings is 1. The Hall–Kier alpha value is -3.95. The van der Waals surface area contributed by atoms with E-state index in [2.05, 4.69) is 20.4 Å². The third kappa shape index (κ3) is 4.00. The van der Waals surface area contributed by atoms with Crippen molar-refractivity contribution >= 4 is 17.0 Å². The summed E-state index contributed by atoms with van der Waals surface area (Å²) in [6.45, 7) is 2.25. The minimum Gasteiger partial charge on any atom is -0.478 e. The number of aromatic nitrogens is 4. The van der Waals surface area contributed by atoms with Crippen LogP contribution in [0.5, 0.6) is 5.88 Å². The van der Waals surface area contributed by atoms with Crippen LogP contribution in [-0.2, 0) is 17.9 Å². The molecule has 0 aliphatic carbocycles. The smallest absolute Gasteiger partial charge is 0.420 e. The number of pyridine rings is 1. The topological polar surface area (TPSA) is 125 Å². The third-order valence-electron chi connectivity index (χ3n) is 4.07. The maximum Gasteiger partial charge on any atom is 0.420 e. The fourth-order valence-corrected chi connectivity index (χ4v) is 2.73. The summed E-state index contributed by atoms with van der Waals surface area (Å²) in [6.07, 6.45) is 1.58. The molecule has 10 nitrogen and oxygen atoms in total. The number of carbonyl (C=O) groups excluding carboxylic acids is 1. The minimum absolute atomic E-state index is 0.0286. The molecule has 3 aromatic heterocycles. The predicted octanol–water partition coefficient (Wildman–Crippen LogP) is 1.75. The lowest BCUT2D eigenvalue weighted by molar-refractivity contribution is -0.122. The van der Waals surface area contributed by atoms with E-state index < -0.39 is 5.76 Å². The highest BCUT2D eigenvalue weighted by Crippen LogP contribution is 2.17. The molecule has 4 rings (SSSR count). The van der Waals surface area contributed by atoms with E-state index in [0.717, 1.165) is 0 Å². The lowest BCUT2D eigenvalue weighted by Gasteiger charge is -2.03. The summed E-state index contributed by atoms with van der Waals surface area (Å²) in [4.78, 5) is 32.5. The molecule has 29 heavy (non-hydrogen) atoms. The summed E-state index contributed by atoms with van der Waals surface area (Å²) in [5, 5.41) is 6.53. The first-order valence-electron chi connectivity index (χ1n) is 8.91. The summed E-state index contributed by atoms with van der Waals surface area (Å²) < 4.78 is 16.8. The summed E-state index contributed by atoms with van der Waals surface area (Å²) in [5.74, 6) is 0.105. The Balaban J connectivity index is 1.38. The van der Waals surface area contributed by atoms with Crippen LogP contribution < -0.4 is 15.8 Å². The van der Waals surface area contributed by atoms with Crippen LogP contribution in [0.15, 0.2) is 56.3 Å². The molecule has 0 unspecified atom stereocenters. The van der Waals surface area contributed by atoms with Crippen molar-refractivity contribution in [2.24, 2.45) is 0 Å². The zero-order valence-electron chi connectivity index (χ0n) is 15.5. The lowest BCUT2D eigenvalue weighted by atomic mass is 10.3. The minimum atomic E-state index is -0.593. The van der Waals surface area contributed by atoms with Gasteiger partial charge in [-0.15, -0.1) is 0 Å². The van der Waals surface area contributed by atoms with E-state index in [0.29, 0.717) is 35.0 Å². The Kier molecular flexibility index (Phi) is 5.06. The van der Waals surface area contributed by atoms with E-state index in [1.807, 2.05) is 6.92 Å². The van der Waals surface area contributed by atoms with Gasteiger partial charge < -0.3 is 19.0 Å². The Bertz CT molecular complexity index is 1190. The predicted molar refractivity (Wildman–Crippen MR) is 101 cm³/mol. The molecule has 0 bridgehead atoms. The Morgan fingerprint density at radius 3 is 2.90 bits per heavy atom. The second-order valence-electron chi connectivity index (χ2n) is 6.03. The monoisotopic (exact) mass is 395 g/mol. The number of benzene rings is 1. The molecule has 1 N–H and O–H groups in total. The lowest BCUT2D eigenvalue weighted by Crippen LogP contribution is -2.30. The van der Waals surface area contributed by atoms with E-state index in [1.54, 1.807) is 42.6 Å². The van der Waals surface area contributed by atoms with Gasteiger partial charge in [-0.25, -0.2) is 9.78 Å². The molecule has 0 fully saturated rings. The number of hydrogen-bond donors (Lipinski definition) is 1. The highest BCUT2D eigenvalue weighted by Gasteiger charge is 2.14. The number of nitrogens with zero attached hydrogens (tertiary/aromatic N) is 4. The summed E-state index contributed by atoms with van der Waals surface area (Å²) in [6, 6.07) is 10.4. The molecule has 148 valence electrons. The zero-order chi connectivity index (χ0) is 20.2. The van der Waals surface area contributed by atoms with Gasteiger partial charge in [-0.1, -0.05) is 17.3 Å². The van der Waals surface area contributed by atoms with Gasteiger partial charge in [-0.3, -0.25) is 9.36 Å². The second kappa shape index (κ2) is 7.97. The van der Waals surface area contributed by atoms with Crippen molar-refractivity contribution in [1.82, 2.24) is 25.0 Å². The zero-order valence-corrected chi connectivity index (χ0v) is 15.5. The van der Waals surface area contributed by atoms with Gasteiger partial charge in [0.15, 0.2) is 5.58 Å². The van der Waals surface area contributed by atoms with Crippen LogP contribution in [0.3, 0.4) is 0 Å². The fourth-order valence-electron chi connectivity index (χ4n) is 2.73. The summed E-state index contributed by atoms with van der Waals surface area (Å²) in [7, 11) is 0. The third-order valence-corrected chi connectivity index (χ3v) is 4.07. The average molecular weight is 395 g/mol. The number of hydrogen-bond acceptors (Lipinski definition) is 8. The van der Waals surface area contributed by atoms with Crippen LogP contribution in [0.4, 0.5) is 0 Å². The van der Waals surface area contributed by atoms with E-state index in [4.69, 9.17) is 13.7 Å². The molecule has 10 heteroatoms. The van der Waals surface area contributed by atoms with Crippen molar-refractivity contribution in [3.05, 3.63) is 59.0 Å². The first-order valence-corrected chi connectivity index (χ1v) is 8.91. The Morgan fingerprint density at radius 1 is 1.24 bits per heavy atom. The van der Waals surface area contributed by atoms with Crippen LogP contribution >= 0.6 is 0 Å². The number of carbonyl (C=O) groups is 1. The first kappa shape index (κ1) is 18.4. The van der Waals surface area contributed by atoms with Crippen LogP contribution in [0.25, 0.3) is 22.5 Å². The van der Waals surface area contributed by atoms with Gasteiger partial charge in [0.2, 0.25) is 23.5 Å². The van der Waals surface area contributed by atoms with Crippen LogP contribution in [-0.4, -0.2) is 32.2 Å². The molecule has 3 heterocycles. The highest BCUT2D eigenvalue weighted by atomic mass is 16.5. The first-order chi connectivity index (χ1) is 14.1. The maximum absolute atomic E-state index is 12.2. The fraction of sp³-hybridized carbons (Fsp3) is 0.211. The largest absolute Gasteiger partial charge is 0.478 e. The van der Waals surface area contributed by atoms with E-state index in [1.165, 1.54) is 4.57 Å². The molecular formula is C19H17N5O5. The number of fused-ring (bicyclic) bond motifs is 1. The summed E-state index contributed by atoms with van der Waals surface area (Å²) in [5.41, 5.74) is 1.64. The van der Waals surface area contributed by atoms with Crippen LogP contribution in [0.1, 0.15) is 12.8 Å². The van der Waals surface area contributed by atoms with Crippen molar-refractivity contribution in [1.29, 1.82) is 0 Å². The van der Waals surface area contributed by atoms with Crippen LogP contribution in [0, 0.1) is 0 Å². The number of para-hydroxylation sites is 2. The van der Waals surface area contributed by atoms with Crippen LogP contribution in [0.2, 0.25) is 0 Å². The Morgan fingerprint density at radius 2 is 2.10 bits per heavy atom. The van der Waals surface area contributed by atoms with Gasteiger partial charge in [0.25, 0.3) is 0 Å². The van der Waals surface area contributed by atoms with Gasteiger partial charge in [0.05, 0.1) is 18.7 Å². The van der Waals surface area contributed by atoms with Crippen molar-refractivity contribution in [2.45, 2.75) is 20.0 Å². The molecule has 0 atom stereocenters. The van der Waals surface area contributed by atoms with E-state index in [-0.39, 0.29) is 24.9 Å². The molecule has 0 saturated heterocycles. The SMILES string of the molecule is CCOc1ccc(-c2noc(CNC(=O)Cn3c(=O)oc4ccccc43)n2)cn1. The normalized spacial score (nSPS) is 10.9. The van der Waals surface area contributed by atoms with Gasteiger partial charge in [-0.2, -0.15) is 4.98 Å². The Labute approximate surface area is 164 Å². The quantitative estimate of drug-likeness (QED) is 0.502. The molecule has 1 amide bonds. The molecule has 0 spiro atoms. The van der Waals surface area contributed by atoms with E-state index >= 15 is 0 Å². The van der Waals surface area contributed by atoms with Crippen molar-refractivity contribution in [3.8, 4) is 17.3 Å². The molecule has 0 aliphatic heterocycles. The van der Waals surface area contributed by atoms with Crippen molar-refractivity contribution < 1.29 is 18.5 Å². The number of nitrogens with one attached hydrogen (secondary N) is 1. The molecular weight excluding hydrogens is 378 g/mol. The van der Waals surface area contributed by atoms with Crippen molar-refractivity contribution in [2.75, 3.05) is 6.61 Å². The molecule has 4 aromatic rings. The van der Waals surface area contributed by atoms with Crippen molar-refractivity contribution in [3.63, 3.8) is 0 Å². The molecule has 0 saturated carbocycles. The van der Waals surface area contributed by atoms with Gasteiger partial charge >= 0.3 is 5.76 Å². The molecule has 1 aromatic carbocycles. The average Bonchev–Trinajstić information content (AvgIpc) is 3.32. The summed E-state index contributed by atoms with van der Waals surface area (Å²) >= 11 is 0. The van der Waals surface area contributed by atoms with Gasteiger partial charge in [0.1, 0.15) is 6.54 Å². The van der Waals surface area contributed by atoms with Gasteiger partial charge in [-0.05, 0) is 25.1 Å².